The molecule has 144 valence electrons. The van der Waals surface area contributed by atoms with Gasteiger partial charge >= 0.3 is 6.09 Å². The van der Waals surface area contributed by atoms with Crippen LogP contribution in [0.25, 0.3) is 0 Å². The highest BCUT2D eigenvalue weighted by Crippen LogP contribution is 2.45. The maximum atomic E-state index is 12.8. The number of carbonyl (C=O) groups excluding carboxylic acids is 1. The lowest BCUT2D eigenvalue weighted by Gasteiger charge is -2.39. The van der Waals surface area contributed by atoms with Crippen LogP contribution < -0.4 is 0 Å². The van der Waals surface area contributed by atoms with Gasteiger partial charge < -0.3 is 9.16 Å². The Kier molecular flexibility index (Phi) is 6.63. The van der Waals surface area contributed by atoms with E-state index in [0.29, 0.717) is 18.9 Å². The minimum Gasteiger partial charge on any atom is -0.445 e. The molecule has 1 amide bonds. The molecule has 2 atom stereocenters. The number of ether oxygens (including phenoxy) is 1. The summed E-state index contributed by atoms with van der Waals surface area (Å²) in [5.41, 5.74) is 0.314. The first-order chi connectivity index (χ1) is 12.2. The summed E-state index contributed by atoms with van der Waals surface area (Å²) >= 11 is 0. The molecule has 0 aliphatic carbocycles. The van der Waals surface area contributed by atoms with E-state index in [-0.39, 0.29) is 18.1 Å². The number of aromatic nitrogens is 1. The number of hydrogen-bond donors (Lipinski definition) is 0. The number of amides is 1. The van der Waals surface area contributed by atoms with Crippen LogP contribution in [0.4, 0.5) is 4.79 Å². The van der Waals surface area contributed by atoms with Gasteiger partial charge in [0, 0.05) is 24.9 Å². The Hall–Kier alpha value is -1.66. The maximum absolute atomic E-state index is 12.8. The van der Waals surface area contributed by atoms with Gasteiger partial charge in [-0.1, -0.05) is 39.5 Å². The van der Waals surface area contributed by atoms with Gasteiger partial charge in [0.05, 0.1) is 0 Å². The van der Waals surface area contributed by atoms with Crippen molar-refractivity contribution in [3.05, 3.63) is 42.7 Å². The van der Waals surface area contributed by atoms with Crippen molar-refractivity contribution in [1.29, 1.82) is 0 Å². The maximum Gasteiger partial charge on any atom is 0.412 e. The van der Waals surface area contributed by atoms with Crippen molar-refractivity contribution in [2.75, 3.05) is 13.2 Å². The molecular formula is C20H32N2O3Si. The second-order valence-electron chi connectivity index (χ2n) is 8.35. The average Bonchev–Trinajstić information content (AvgIpc) is 2.92. The molecular weight excluding hydrogens is 344 g/mol. The monoisotopic (exact) mass is 376 g/mol. The molecule has 1 aromatic rings. The summed E-state index contributed by atoms with van der Waals surface area (Å²) in [6.07, 6.45) is 4.42. The van der Waals surface area contributed by atoms with Crippen LogP contribution in [0.3, 0.4) is 0 Å². The van der Waals surface area contributed by atoms with Gasteiger partial charge in [-0.15, -0.1) is 0 Å². The van der Waals surface area contributed by atoms with Crippen molar-refractivity contribution in [2.24, 2.45) is 11.3 Å². The van der Waals surface area contributed by atoms with Gasteiger partial charge in [0.25, 0.3) is 0 Å². The quantitative estimate of drug-likeness (QED) is 0.556. The first kappa shape index (κ1) is 20.6. The Bertz CT molecular complexity index is 615. The van der Waals surface area contributed by atoms with Crippen LogP contribution in [0.1, 0.15) is 32.9 Å². The van der Waals surface area contributed by atoms with Gasteiger partial charge in [0.2, 0.25) is 0 Å². The topological polar surface area (TPSA) is 51.7 Å². The number of likely N-dealkylation sites (tertiary alicyclic amines) is 1. The van der Waals surface area contributed by atoms with Crippen molar-refractivity contribution in [2.45, 2.75) is 52.4 Å². The molecule has 0 aromatic carbocycles. The van der Waals surface area contributed by atoms with Crippen LogP contribution in [0.5, 0.6) is 0 Å². The van der Waals surface area contributed by atoms with Crippen LogP contribution in [-0.4, -0.2) is 43.9 Å². The van der Waals surface area contributed by atoms with Crippen LogP contribution in [0.15, 0.2) is 37.1 Å². The van der Waals surface area contributed by atoms with Gasteiger partial charge in [0.15, 0.2) is 9.04 Å². The fourth-order valence-electron chi connectivity index (χ4n) is 3.52. The van der Waals surface area contributed by atoms with E-state index in [2.05, 4.69) is 45.4 Å². The molecule has 1 aliphatic heterocycles. The average molecular weight is 377 g/mol. The summed E-state index contributed by atoms with van der Waals surface area (Å²) in [6, 6.07) is 5.86. The third kappa shape index (κ3) is 4.95. The lowest BCUT2D eigenvalue weighted by atomic mass is 9.78. The van der Waals surface area contributed by atoms with Crippen molar-refractivity contribution in [3.8, 4) is 0 Å². The fraction of sp³-hybridized carbons (Fsp3) is 0.600. The SMILES string of the molecule is C=CCOC(=O)N1C[C@@H](C(C)(C)C)C[C@]1(Cc1ccccn1)O[SiH](C)C. The molecule has 1 saturated heterocycles. The van der Waals surface area contributed by atoms with Crippen LogP contribution in [-0.2, 0) is 15.6 Å². The van der Waals surface area contributed by atoms with E-state index < -0.39 is 14.8 Å². The Labute approximate surface area is 159 Å². The Morgan fingerprint density at radius 2 is 2.19 bits per heavy atom. The Morgan fingerprint density at radius 3 is 2.73 bits per heavy atom. The van der Waals surface area contributed by atoms with Crippen molar-refractivity contribution in [1.82, 2.24) is 9.88 Å². The molecule has 0 radical (unpaired) electrons. The molecule has 1 fully saturated rings. The van der Waals surface area contributed by atoms with Gasteiger partial charge in [-0.05, 0) is 43.0 Å². The zero-order valence-electron chi connectivity index (χ0n) is 16.7. The standard InChI is InChI=1S/C20H32N2O3Si/c1-7-12-24-18(23)22-15-16(19(2,3)4)13-20(22,25-26(5)6)14-17-10-8-9-11-21-17/h7-11,16,26H,1,12-15H2,2-6H3/t16-,20+/m0/s1. The molecule has 1 aromatic heterocycles. The first-order valence-electron chi connectivity index (χ1n) is 9.31. The first-order valence-corrected chi connectivity index (χ1v) is 12.1. The second kappa shape index (κ2) is 8.35. The lowest BCUT2D eigenvalue weighted by Crippen LogP contribution is -2.53. The number of carbonyl (C=O) groups is 1. The molecule has 0 N–H and O–H groups in total. The van der Waals surface area contributed by atoms with Crippen molar-refractivity contribution in [3.63, 3.8) is 0 Å². The van der Waals surface area contributed by atoms with E-state index in [4.69, 9.17) is 9.16 Å². The Balaban J connectivity index is 2.40. The summed E-state index contributed by atoms with van der Waals surface area (Å²) < 4.78 is 11.9. The highest BCUT2D eigenvalue weighted by Gasteiger charge is 2.52. The summed E-state index contributed by atoms with van der Waals surface area (Å²) in [5, 5.41) is 0. The minimum absolute atomic E-state index is 0.0741. The van der Waals surface area contributed by atoms with Gasteiger partial charge in [0.1, 0.15) is 12.3 Å². The van der Waals surface area contributed by atoms with Gasteiger partial charge in [-0.3, -0.25) is 9.88 Å². The highest BCUT2D eigenvalue weighted by atomic mass is 28.3. The zero-order chi connectivity index (χ0) is 19.4. The molecule has 2 rings (SSSR count). The minimum atomic E-state index is -1.42. The summed E-state index contributed by atoms with van der Waals surface area (Å²) in [5.74, 6) is 0.329. The molecule has 5 nitrogen and oxygen atoms in total. The third-order valence-electron chi connectivity index (χ3n) is 4.87. The third-order valence-corrected chi connectivity index (χ3v) is 5.78. The Morgan fingerprint density at radius 1 is 1.46 bits per heavy atom. The predicted molar refractivity (Wildman–Crippen MR) is 106 cm³/mol. The number of nitrogens with zero attached hydrogens (tertiary/aromatic N) is 2. The fourth-order valence-corrected chi connectivity index (χ4v) is 4.71. The molecule has 26 heavy (non-hydrogen) atoms. The van der Waals surface area contributed by atoms with E-state index >= 15 is 0 Å². The molecule has 6 heteroatoms. The van der Waals surface area contributed by atoms with Gasteiger partial charge in [-0.2, -0.15) is 0 Å². The van der Waals surface area contributed by atoms with Crippen molar-refractivity contribution >= 4 is 15.1 Å². The normalized spacial score (nSPS) is 23.3. The van der Waals surface area contributed by atoms with E-state index in [1.807, 2.05) is 18.2 Å². The number of hydrogen-bond acceptors (Lipinski definition) is 4. The van der Waals surface area contributed by atoms with Crippen LogP contribution in [0.2, 0.25) is 13.1 Å². The van der Waals surface area contributed by atoms with Crippen LogP contribution >= 0.6 is 0 Å². The summed E-state index contributed by atoms with van der Waals surface area (Å²) in [6.45, 7) is 15.4. The lowest BCUT2D eigenvalue weighted by molar-refractivity contribution is -0.0514. The summed E-state index contributed by atoms with van der Waals surface area (Å²) in [4.78, 5) is 19.1. The zero-order valence-corrected chi connectivity index (χ0v) is 17.9. The smallest absolute Gasteiger partial charge is 0.412 e. The molecule has 0 spiro atoms. The van der Waals surface area contributed by atoms with E-state index in [1.165, 1.54) is 0 Å². The second-order valence-corrected chi connectivity index (χ2v) is 10.7. The van der Waals surface area contributed by atoms with E-state index in [0.717, 1.165) is 12.1 Å². The molecule has 1 aliphatic rings. The summed E-state index contributed by atoms with van der Waals surface area (Å²) in [7, 11) is -1.42. The molecule has 0 bridgehead atoms. The van der Waals surface area contributed by atoms with Gasteiger partial charge in [-0.25, -0.2) is 4.79 Å². The van der Waals surface area contributed by atoms with E-state index in [9.17, 15) is 4.79 Å². The molecule has 0 unspecified atom stereocenters. The highest BCUT2D eigenvalue weighted by molar-refractivity contribution is 6.48. The largest absolute Gasteiger partial charge is 0.445 e. The number of pyridine rings is 1. The van der Waals surface area contributed by atoms with Crippen LogP contribution in [0, 0.1) is 11.3 Å². The van der Waals surface area contributed by atoms with Crippen molar-refractivity contribution < 1.29 is 14.0 Å². The van der Waals surface area contributed by atoms with E-state index in [1.54, 1.807) is 17.2 Å². The number of rotatable bonds is 6. The molecule has 2 heterocycles. The molecule has 0 saturated carbocycles. The predicted octanol–water partition coefficient (Wildman–Crippen LogP) is 4.01.